The number of nitrogens with one attached hydrogen (secondary N) is 1. The number of fused-ring (bicyclic) bond motifs is 1. The van der Waals surface area contributed by atoms with Crippen LogP contribution in [0.5, 0.6) is 0 Å². The Balaban J connectivity index is 1.83. The highest BCUT2D eigenvalue weighted by Gasteiger charge is 2.30. The van der Waals surface area contributed by atoms with Crippen LogP contribution in [0.3, 0.4) is 0 Å². The van der Waals surface area contributed by atoms with Crippen molar-refractivity contribution in [2.24, 2.45) is 4.99 Å². The van der Waals surface area contributed by atoms with E-state index in [4.69, 9.17) is 46.4 Å². The zero-order valence-corrected chi connectivity index (χ0v) is 19.0. The summed E-state index contributed by atoms with van der Waals surface area (Å²) in [7, 11) is 0. The summed E-state index contributed by atoms with van der Waals surface area (Å²) < 4.78 is 13.6. The summed E-state index contributed by atoms with van der Waals surface area (Å²) in [5, 5.41) is 3.08. The summed E-state index contributed by atoms with van der Waals surface area (Å²) in [5.41, 5.74) is 1.77. The van der Waals surface area contributed by atoms with Crippen molar-refractivity contribution in [3.05, 3.63) is 97.0 Å². The minimum Gasteiger partial charge on any atom is -0.324 e. The van der Waals surface area contributed by atoms with Crippen LogP contribution in [-0.4, -0.2) is 28.6 Å². The van der Waals surface area contributed by atoms with E-state index >= 15 is 0 Å². The number of rotatable bonds is 3. The first-order chi connectivity index (χ1) is 15.2. The van der Waals surface area contributed by atoms with Crippen LogP contribution in [0.4, 0.5) is 4.39 Å². The van der Waals surface area contributed by atoms with E-state index in [0.717, 1.165) is 12.3 Å². The summed E-state index contributed by atoms with van der Waals surface area (Å²) in [4.78, 5) is 33.8. The molecule has 1 atom stereocenters. The average Bonchev–Trinajstić information content (AvgIpc) is 2.86. The van der Waals surface area contributed by atoms with Crippen molar-refractivity contribution in [2.45, 2.75) is 12.6 Å². The molecule has 1 unspecified atom stereocenters. The molecule has 0 radical (unpaired) electrons. The molecule has 5 nitrogen and oxygen atoms in total. The van der Waals surface area contributed by atoms with Gasteiger partial charge >= 0.3 is 0 Å². The highest BCUT2D eigenvalue weighted by molar-refractivity contribution is 6.44. The molecule has 162 valence electrons. The molecule has 1 aliphatic heterocycles. The van der Waals surface area contributed by atoms with E-state index in [0.29, 0.717) is 27.4 Å². The van der Waals surface area contributed by atoms with Crippen molar-refractivity contribution in [3.8, 4) is 0 Å². The normalized spacial score (nSPS) is 15.6. The zero-order valence-electron chi connectivity index (χ0n) is 16.0. The maximum absolute atomic E-state index is 13.6. The molecular formula is C22H12Cl4FN3O2. The topological polar surface area (TPSA) is 71.4 Å². The fourth-order valence-electron chi connectivity index (χ4n) is 3.32. The third kappa shape index (κ3) is 4.50. The molecule has 1 amide bonds. The number of amides is 1. The van der Waals surface area contributed by atoms with Crippen molar-refractivity contribution in [1.29, 1.82) is 0 Å². The van der Waals surface area contributed by atoms with Crippen molar-refractivity contribution in [1.82, 2.24) is 10.3 Å². The Labute approximate surface area is 202 Å². The average molecular weight is 511 g/mol. The molecule has 2 aromatic carbocycles. The maximum atomic E-state index is 13.6. The first kappa shape index (κ1) is 22.7. The van der Waals surface area contributed by atoms with Crippen LogP contribution in [0.15, 0.2) is 53.7 Å². The number of nitrogens with zero attached hydrogens (tertiary/aromatic N) is 2. The maximum Gasteiger partial charge on any atom is 0.256 e. The lowest BCUT2D eigenvalue weighted by Gasteiger charge is -2.15. The van der Waals surface area contributed by atoms with Crippen LogP contribution in [0.1, 0.15) is 27.0 Å². The van der Waals surface area contributed by atoms with Crippen molar-refractivity contribution < 1.29 is 14.0 Å². The Bertz CT molecular complexity index is 1270. The van der Waals surface area contributed by atoms with E-state index in [1.807, 2.05) is 0 Å². The number of benzene rings is 2. The largest absolute Gasteiger partial charge is 0.324 e. The molecule has 2 heterocycles. The van der Waals surface area contributed by atoms with Crippen LogP contribution < -0.4 is 5.32 Å². The molecule has 32 heavy (non-hydrogen) atoms. The van der Waals surface area contributed by atoms with Gasteiger partial charge in [-0.2, -0.15) is 0 Å². The monoisotopic (exact) mass is 509 g/mol. The number of pyridine rings is 1. The van der Waals surface area contributed by atoms with Crippen LogP contribution in [0.25, 0.3) is 0 Å². The quantitative estimate of drug-likeness (QED) is 0.469. The SMILES string of the molecule is O=C(NC1N=C(c2c(Cl)cc(Cl)cc2Cl)c2ccccc2CC1=O)c1cc(F)cnc1Cl. The van der Waals surface area contributed by atoms with Gasteiger partial charge in [-0.1, -0.05) is 70.7 Å². The van der Waals surface area contributed by atoms with Gasteiger partial charge in [-0.3, -0.25) is 14.6 Å². The van der Waals surface area contributed by atoms with E-state index in [-0.39, 0.29) is 33.0 Å². The first-order valence-electron chi connectivity index (χ1n) is 9.20. The van der Waals surface area contributed by atoms with Crippen LogP contribution in [0, 0.1) is 5.82 Å². The van der Waals surface area contributed by atoms with Gasteiger partial charge in [-0.15, -0.1) is 0 Å². The lowest BCUT2D eigenvalue weighted by atomic mass is 9.96. The molecule has 0 aliphatic carbocycles. The third-order valence-electron chi connectivity index (χ3n) is 4.76. The number of aromatic nitrogens is 1. The fourth-order valence-corrected chi connectivity index (χ4v) is 4.51. The number of Topliss-reactive ketones (excluding diaryl/α,β-unsaturated/α-hetero) is 1. The van der Waals surface area contributed by atoms with Gasteiger partial charge in [-0.25, -0.2) is 9.37 Å². The fraction of sp³-hybridized carbons (Fsp3) is 0.0909. The van der Waals surface area contributed by atoms with Gasteiger partial charge < -0.3 is 5.32 Å². The summed E-state index contributed by atoms with van der Waals surface area (Å²) >= 11 is 24.8. The number of ketones is 1. The van der Waals surface area contributed by atoms with Crippen molar-refractivity contribution >= 4 is 63.8 Å². The summed E-state index contributed by atoms with van der Waals surface area (Å²) in [6.45, 7) is 0. The van der Waals surface area contributed by atoms with Gasteiger partial charge in [0.15, 0.2) is 11.9 Å². The molecular weight excluding hydrogens is 499 g/mol. The Morgan fingerprint density at radius 1 is 1.06 bits per heavy atom. The molecule has 4 rings (SSSR count). The number of hydrogen-bond acceptors (Lipinski definition) is 4. The van der Waals surface area contributed by atoms with Crippen LogP contribution >= 0.6 is 46.4 Å². The van der Waals surface area contributed by atoms with E-state index in [2.05, 4.69) is 15.3 Å². The van der Waals surface area contributed by atoms with Gasteiger partial charge in [0.05, 0.1) is 27.5 Å². The van der Waals surface area contributed by atoms with Gasteiger partial charge in [0, 0.05) is 22.6 Å². The summed E-state index contributed by atoms with van der Waals surface area (Å²) in [6, 6.07) is 11.1. The number of halogens is 5. The second-order valence-electron chi connectivity index (χ2n) is 6.89. The Morgan fingerprint density at radius 2 is 1.75 bits per heavy atom. The van der Waals surface area contributed by atoms with Crippen molar-refractivity contribution in [2.75, 3.05) is 0 Å². The zero-order chi connectivity index (χ0) is 23.0. The molecule has 0 saturated heterocycles. The summed E-state index contributed by atoms with van der Waals surface area (Å²) in [5.74, 6) is -1.94. The second-order valence-corrected chi connectivity index (χ2v) is 8.50. The molecule has 10 heteroatoms. The Hall–Kier alpha value is -2.51. The number of carbonyl (C=O) groups is 2. The second kappa shape index (κ2) is 9.16. The predicted molar refractivity (Wildman–Crippen MR) is 123 cm³/mol. The van der Waals surface area contributed by atoms with E-state index in [1.165, 1.54) is 12.1 Å². The summed E-state index contributed by atoms with van der Waals surface area (Å²) in [6.07, 6.45) is -0.425. The molecule has 0 fully saturated rings. The van der Waals surface area contributed by atoms with Crippen LogP contribution in [-0.2, 0) is 11.2 Å². The lowest BCUT2D eigenvalue weighted by molar-refractivity contribution is -0.120. The lowest BCUT2D eigenvalue weighted by Crippen LogP contribution is -2.40. The number of aliphatic imine (C=N–C) groups is 1. The molecule has 0 spiro atoms. The smallest absolute Gasteiger partial charge is 0.256 e. The minimum atomic E-state index is -1.30. The molecule has 1 N–H and O–H groups in total. The molecule has 0 saturated carbocycles. The predicted octanol–water partition coefficient (Wildman–Crippen LogP) is 5.55. The Kier molecular flexibility index (Phi) is 6.49. The van der Waals surface area contributed by atoms with Gasteiger partial charge in [0.2, 0.25) is 0 Å². The minimum absolute atomic E-state index is 0.00786. The number of carbonyl (C=O) groups excluding carboxylic acids is 2. The molecule has 1 aliphatic rings. The third-order valence-corrected chi connectivity index (χ3v) is 5.88. The van der Waals surface area contributed by atoms with E-state index < -0.39 is 17.9 Å². The first-order valence-corrected chi connectivity index (χ1v) is 10.7. The molecule has 0 bridgehead atoms. The van der Waals surface area contributed by atoms with Crippen molar-refractivity contribution in [3.63, 3.8) is 0 Å². The van der Waals surface area contributed by atoms with E-state index in [1.54, 1.807) is 24.3 Å². The molecule has 3 aromatic rings. The number of hydrogen-bond donors (Lipinski definition) is 1. The van der Waals surface area contributed by atoms with Gasteiger partial charge in [0.25, 0.3) is 5.91 Å². The van der Waals surface area contributed by atoms with Gasteiger partial charge in [0.1, 0.15) is 11.0 Å². The van der Waals surface area contributed by atoms with Crippen LogP contribution in [0.2, 0.25) is 20.2 Å². The Morgan fingerprint density at radius 3 is 2.47 bits per heavy atom. The highest BCUT2D eigenvalue weighted by Crippen LogP contribution is 2.33. The van der Waals surface area contributed by atoms with Gasteiger partial charge in [-0.05, 0) is 23.8 Å². The van der Waals surface area contributed by atoms with E-state index in [9.17, 15) is 14.0 Å². The highest BCUT2D eigenvalue weighted by atomic mass is 35.5. The standard InChI is InChI=1S/C22H12Cl4FN3O2/c23-11-6-15(24)18(16(25)7-11)19-13-4-2-1-3-10(13)5-17(31)21(29-19)30-22(32)14-8-12(27)9-28-20(14)26/h1-4,6-9,21H,5H2,(H,30,32). The molecule has 1 aromatic heterocycles.